The maximum atomic E-state index is 13.3. The Morgan fingerprint density at radius 2 is 2.03 bits per heavy atom. The fourth-order valence-corrected chi connectivity index (χ4v) is 5.14. The summed E-state index contributed by atoms with van der Waals surface area (Å²) in [5.41, 5.74) is 3.63. The van der Waals surface area contributed by atoms with Gasteiger partial charge in [-0.25, -0.2) is 9.78 Å². The molecule has 1 atom stereocenters. The third-order valence-electron chi connectivity index (χ3n) is 7.21. The summed E-state index contributed by atoms with van der Waals surface area (Å²) in [7, 11) is 1.32. The van der Waals surface area contributed by atoms with Crippen LogP contribution in [0.25, 0.3) is 0 Å². The molecule has 0 radical (unpaired) electrons. The molecule has 5 rings (SSSR count). The molecule has 0 bridgehead atoms. The number of esters is 1. The lowest BCUT2D eigenvalue weighted by Crippen LogP contribution is -2.59. The molecule has 1 saturated carbocycles. The SMILES string of the molecule is COC(=O)C1CN(c2nc(C3CC3)c3c(c2C#N)CC(C)(C)OC3)CCN1C(=O)c1ccoc1C. The van der Waals surface area contributed by atoms with Crippen LogP contribution in [0, 0.1) is 18.3 Å². The van der Waals surface area contributed by atoms with E-state index in [-0.39, 0.29) is 18.1 Å². The fraction of sp³-hybridized carbons (Fsp3) is 0.538. The summed E-state index contributed by atoms with van der Waals surface area (Å²) in [6.45, 7) is 7.17. The minimum absolute atomic E-state index is 0.194. The van der Waals surface area contributed by atoms with Crippen LogP contribution in [-0.2, 0) is 27.3 Å². The number of methoxy groups -OCH3 is 1. The molecule has 2 aromatic rings. The molecule has 2 aliphatic heterocycles. The third-order valence-corrected chi connectivity index (χ3v) is 7.21. The summed E-state index contributed by atoms with van der Waals surface area (Å²) < 4.78 is 16.4. The molecule has 1 saturated heterocycles. The van der Waals surface area contributed by atoms with E-state index in [1.165, 1.54) is 18.3 Å². The van der Waals surface area contributed by atoms with Crippen molar-refractivity contribution in [2.75, 3.05) is 31.6 Å². The number of piperazine rings is 1. The molecule has 2 aromatic heterocycles. The van der Waals surface area contributed by atoms with Crippen molar-refractivity contribution in [2.45, 2.75) is 64.2 Å². The lowest BCUT2D eigenvalue weighted by atomic mass is 9.87. The van der Waals surface area contributed by atoms with Crippen molar-refractivity contribution in [2.24, 2.45) is 0 Å². The van der Waals surface area contributed by atoms with Gasteiger partial charge in [-0.05, 0) is 45.2 Å². The topological polar surface area (TPSA) is 109 Å². The lowest BCUT2D eigenvalue weighted by Gasteiger charge is -2.41. The number of carbonyl (C=O) groups excluding carboxylic acids is 2. The molecular formula is C26H30N4O5. The van der Waals surface area contributed by atoms with Crippen LogP contribution in [-0.4, -0.2) is 60.1 Å². The van der Waals surface area contributed by atoms with Crippen molar-refractivity contribution >= 4 is 17.7 Å². The van der Waals surface area contributed by atoms with Gasteiger partial charge in [-0.1, -0.05) is 0 Å². The van der Waals surface area contributed by atoms with Gasteiger partial charge in [0.15, 0.2) is 0 Å². The summed E-state index contributed by atoms with van der Waals surface area (Å²) in [5.74, 6) is 0.693. The zero-order valence-electron chi connectivity index (χ0n) is 20.6. The number of hydrogen-bond acceptors (Lipinski definition) is 8. The minimum Gasteiger partial charge on any atom is -0.469 e. The zero-order chi connectivity index (χ0) is 24.9. The van der Waals surface area contributed by atoms with E-state index in [0.717, 1.165) is 29.7 Å². The number of anilines is 1. The van der Waals surface area contributed by atoms with Crippen LogP contribution in [0.5, 0.6) is 0 Å². The molecule has 9 heteroatoms. The van der Waals surface area contributed by atoms with Gasteiger partial charge in [0.1, 0.15) is 23.7 Å². The smallest absolute Gasteiger partial charge is 0.330 e. The fourth-order valence-electron chi connectivity index (χ4n) is 5.14. The van der Waals surface area contributed by atoms with E-state index < -0.39 is 12.0 Å². The predicted octanol–water partition coefficient (Wildman–Crippen LogP) is 3.09. The van der Waals surface area contributed by atoms with Gasteiger partial charge >= 0.3 is 5.97 Å². The number of carbonyl (C=O) groups is 2. The highest BCUT2D eigenvalue weighted by molar-refractivity contribution is 5.98. The number of aromatic nitrogens is 1. The highest BCUT2D eigenvalue weighted by atomic mass is 16.5. The van der Waals surface area contributed by atoms with Gasteiger partial charge in [0.25, 0.3) is 5.91 Å². The average Bonchev–Trinajstić information content (AvgIpc) is 3.60. The van der Waals surface area contributed by atoms with Crippen LogP contribution < -0.4 is 4.90 Å². The van der Waals surface area contributed by atoms with E-state index in [1.54, 1.807) is 13.0 Å². The Hall–Kier alpha value is -3.38. The van der Waals surface area contributed by atoms with Crippen molar-refractivity contribution in [1.82, 2.24) is 9.88 Å². The highest BCUT2D eigenvalue weighted by Gasteiger charge is 2.41. The molecular weight excluding hydrogens is 448 g/mol. The molecule has 1 unspecified atom stereocenters. The van der Waals surface area contributed by atoms with Crippen molar-refractivity contribution < 1.29 is 23.5 Å². The molecule has 4 heterocycles. The van der Waals surface area contributed by atoms with Crippen LogP contribution in [0.15, 0.2) is 16.7 Å². The van der Waals surface area contributed by atoms with E-state index in [4.69, 9.17) is 18.9 Å². The number of nitriles is 1. The maximum Gasteiger partial charge on any atom is 0.330 e. The number of hydrogen-bond donors (Lipinski definition) is 0. The van der Waals surface area contributed by atoms with Gasteiger partial charge in [0.05, 0.1) is 48.9 Å². The van der Waals surface area contributed by atoms with Crippen LogP contribution in [0.4, 0.5) is 5.82 Å². The van der Waals surface area contributed by atoms with Gasteiger partial charge in [-0.3, -0.25) is 4.79 Å². The lowest BCUT2D eigenvalue weighted by molar-refractivity contribution is -0.146. The molecule has 0 spiro atoms. The van der Waals surface area contributed by atoms with Crippen LogP contribution in [0.2, 0.25) is 0 Å². The van der Waals surface area contributed by atoms with Gasteiger partial charge in [0, 0.05) is 31.0 Å². The van der Waals surface area contributed by atoms with Gasteiger partial charge in [-0.15, -0.1) is 0 Å². The van der Waals surface area contributed by atoms with Crippen LogP contribution in [0.3, 0.4) is 0 Å². The summed E-state index contributed by atoms with van der Waals surface area (Å²) in [6, 6.07) is 3.18. The molecule has 1 aliphatic carbocycles. The monoisotopic (exact) mass is 478 g/mol. The van der Waals surface area contributed by atoms with E-state index in [9.17, 15) is 14.9 Å². The number of amides is 1. The Morgan fingerprint density at radius 1 is 1.26 bits per heavy atom. The Bertz CT molecular complexity index is 1220. The first-order valence-electron chi connectivity index (χ1n) is 12.0. The molecule has 2 fully saturated rings. The van der Waals surface area contributed by atoms with Crippen molar-refractivity contribution in [3.05, 3.63) is 46.0 Å². The standard InChI is InChI=1S/C26H30N4O5/c1-15-17(7-10-34-15)24(31)30-9-8-29(13-21(30)25(32)33-4)23-19(12-27)18-11-26(2,3)35-14-20(18)22(28-23)16-5-6-16/h7,10,16,21H,5-6,8-9,11,13-14H2,1-4H3. The molecule has 35 heavy (non-hydrogen) atoms. The number of nitrogens with zero attached hydrogens (tertiary/aromatic N) is 4. The second kappa shape index (κ2) is 8.68. The second-order valence-electron chi connectivity index (χ2n) is 10.1. The Labute approximate surface area is 204 Å². The van der Waals surface area contributed by atoms with E-state index in [0.29, 0.717) is 54.7 Å². The number of pyridine rings is 1. The maximum absolute atomic E-state index is 13.3. The summed E-state index contributed by atoms with van der Waals surface area (Å²) >= 11 is 0. The molecule has 0 aromatic carbocycles. The predicted molar refractivity (Wildman–Crippen MR) is 126 cm³/mol. The third kappa shape index (κ3) is 4.16. The molecule has 3 aliphatic rings. The molecule has 0 N–H and O–H groups in total. The summed E-state index contributed by atoms with van der Waals surface area (Å²) in [4.78, 5) is 34.5. The van der Waals surface area contributed by atoms with Crippen LogP contribution in [0.1, 0.15) is 71.1 Å². The number of furan rings is 1. The van der Waals surface area contributed by atoms with Gasteiger partial charge < -0.3 is 23.7 Å². The molecule has 1 amide bonds. The number of ether oxygens (including phenoxy) is 2. The van der Waals surface area contributed by atoms with Crippen LogP contribution >= 0.6 is 0 Å². The normalized spacial score (nSPS) is 21.3. The first kappa shape index (κ1) is 23.4. The first-order chi connectivity index (χ1) is 16.7. The van der Waals surface area contributed by atoms with Crippen molar-refractivity contribution in [1.29, 1.82) is 5.26 Å². The quantitative estimate of drug-likeness (QED) is 0.617. The van der Waals surface area contributed by atoms with E-state index in [2.05, 4.69) is 6.07 Å². The first-order valence-corrected chi connectivity index (χ1v) is 12.0. The Kier molecular flexibility index (Phi) is 5.80. The zero-order valence-corrected chi connectivity index (χ0v) is 20.6. The summed E-state index contributed by atoms with van der Waals surface area (Å²) in [6.07, 6.45) is 4.24. The van der Waals surface area contributed by atoms with E-state index in [1.807, 2.05) is 18.7 Å². The van der Waals surface area contributed by atoms with Crippen molar-refractivity contribution in [3.63, 3.8) is 0 Å². The second-order valence-corrected chi connectivity index (χ2v) is 10.1. The molecule has 9 nitrogen and oxygen atoms in total. The van der Waals surface area contributed by atoms with Gasteiger partial charge in [-0.2, -0.15) is 5.26 Å². The minimum atomic E-state index is -0.830. The number of fused-ring (bicyclic) bond motifs is 1. The largest absolute Gasteiger partial charge is 0.469 e. The van der Waals surface area contributed by atoms with Crippen molar-refractivity contribution in [3.8, 4) is 6.07 Å². The average molecular weight is 479 g/mol. The Morgan fingerprint density at radius 3 is 2.66 bits per heavy atom. The van der Waals surface area contributed by atoms with Gasteiger partial charge in [0.2, 0.25) is 0 Å². The van der Waals surface area contributed by atoms with E-state index >= 15 is 0 Å². The highest BCUT2D eigenvalue weighted by Crippen LogP contribution is 2.45. The number of rotatable bonds is 4. The number of aryl methyl sites for hydroxylation is 1. The summed E-state index contributed by atoms with van der Waals surface area (Å²) in [5, 5.41) is 10.2. The molecule has 184 valence electrons. The Balaban J connectivity index is 1.53.